The summed E-state index contributed by atoms with van der Waals surface area (Å²) in [6, 6.07) is 0. The van der Waals surface area contributed by atoms with Gasteiger partial charge in [0.25, 0.3) is 0 Å². The summed E-state index contributed by atoms with van der Waals surface area (Å²) < 4.78 is 0. The van der Waals surface area contributed by atoms with Crippen molar-refractivity contribution in [3.63, 3.8) is 0 Å². The zero-order valence-corrected chi connectivity index (χ0v) is 14.9. The first-order valence-corrected chi connectivity index (χ1v) is 8.81. The number of anilines is 1. The fraction of sp³-hybridized carbons (Fsp3) is 0.706. The van der Waals surface area contributed by atoms with Crippen molar-refractivity contribution in [2.75, 3.05) is 24.5 Å². The highest BCUT2D eigenvalue weighted by Crippen LogP contribution is 2.29. The third kappa shape index (κ3) is 5.11. The van der Waals surface area contributed by atoms with E-state index in [2.05, 4.69) is 50.9 Å². The highest BCUT2D eigenvalue weighted by atomic mass is 32.1. The van der Waals surface area contributed by atoms with Gasteiger partial charge in [-0.2, -0.15) is 0 Å². The van der Waals surface area contributed by atoms with Gasteiger partial charge in [0.15, 0.2) is 5.13 Å². The van der Waals surface area contributed by atoms with Crippen LogP contribution in [0, 0.1) is 6.92 Å². The molecule has 0 radical (unpaired) electrons. The van der Waals surface area contributed by atoms with Gasteiger partial charge >= 0.3 is 0 Å². The average molecular weight is 308 g/mol. The van der Waals surface area contributed by atoms with Gasteiger partial charge in [0.1, 0.15) is 0 Å². The van der Waals surface area contributed by atoms with Crippen LogP contribution in [0.25, 0.3) is 6.08 Å². The van der Waals surface area contributed by atoms with Crippen LogP contribution in [0.2, 0.25) is 0 Å². The van der Waals surface area contributed by atoms with Gasteiger partial charge in [-0.1, -0.05) is 16.9 Å². The van der Waals surface area contributed by atoms with Crippen molar-refractivity contribution in [3.8, 4) is 0 Å². The number of piperidine rings is 1. The lowest BCUT2D eigenvalue weighted by Crippen LogP contribution is -2.36. The maximum Gasteiger partial charge on any atom is 0.186 e. The van der Waals surface area contributed by atoms with Crippen molar-refractivity contribution in [2.45, 2.75) is 59.4 Å². The molecular weight excluding hydrogens is 278 g/mol. The van der Waals surface area contributed by atoms with Crippen LogP contribution in [-0.2, 0) is 0 Å². The third-order valence-electron chi connectivity index (χ3n) is 3.72. The van der Waals surface area contributed by atoms with E-state index in [9.17, 15) is 0 Å². The number of rotatable bonds is 4. The Morgan fingerprint density at radius 3 is 2.57 bits per heavy atom. The van der Waals surface area contributed by atoms with Gasteiger partial charge in [-0.3, -0.25) is 0 Å². The van der Waals surface area contributed by atoms with E-state index in [-0.39, 0.29) is 5.54 Å². The molecule has 1 fully saturated rings. The lowest BCUT2D eigenvalue weighted by Gasteiger charge is -2.25. The molecule has 0 bridgehead atoms. The summed E-state index contributed by atoms with van der Waals surface area (Å²) in [7, 11) is 0. The SMILES string of the molecule is CC(=Cc1sc(N2CCCCC2)nc1C)CNC(C)(C)C. The van der Waals surface area contributed by atoms with Crippen LogP contribution in [0.1, 0.15) is 57.5 Å². The minimum Gasteiger partial charge on any atom is -0.348 e. The first kappa shape index (κ1) is 16.5. The van der Waals surface area contributed by atoms with E-state index in [1.807, 2.05) is 11.3 Å². The Bertz CT molecular complexity index is 491. The molecule has 21 heavy (non-hydrogen) atoms. The lowest BCUT2D eigenvalue weighted by atomic mass is 10.1. The first-order chi connectivity index (χ1) is 9.85. The number of thiazole rings is 1. The minimum atomic E-state index is 0.163. The summed E-state index contributed by atoms with van der Waals surface area (Å²) in [4.78, 5) is 8.53. The molecule has 1 aliphatic heterocycles. The average Bonchev–Trinajstić information content (AvgIpc) is 2.78. The first-order valence-electron chi connectivity index (χ1n) is 8.00. The van der Waals surface area contributed by atoms with Gasteiger partial charge in [-0.05, 0) is 60.0 Å². The summed E-state index contributed by atoms with van der Waals surface area (Å²) >= 11 is 1.84. The van der Waals surface area contributed by atoms with Crippen molar-refractivity contribution >= 4 is 22.5 Å². The van der Waals surface area contributed by atoms with E-state index >= 15 is 0 Å². The molecule has 3 nitrogen and oxygen atoms in total. The molecule has 1 N–H and O–H groups in total. The van der Waals surface area contributed by atoms with Crippen molar-refractivity contribution < 1.29 is 0 Å². The summed E-state index contributed by atoms with van der Waals surface area (Å²) in [6.07, 6.45) is 6.26. The molecule has 2 heterocycles. The molecule has 0 unspecified atom stereocenters. The summed E-state index contributed by atoms with van der Waals surface area (Å²) in [5, 5.41) is 4.74. The summed E-state index contributed by atoms with van der Waals surface area (Å²) in [6.45, 7) is 14.2. The molecular formula is C17H29N3S. The molecule has 1 saturated heterocycles. The van der Waals surface area contributed by atoms with Gasteiger partial charge < -0.3 is 10.2 Å². The molecule has 0 saturated carbocycles. The number of hydrogen-bond acceptors (Lipinski definition) is 4. The molecule has 0 aromatic carbocycles. The van der Waals surface area contributed by atoms with Crippen LogP contribution in [0.15, 0.2) is 5.57 Å². The fourth-order valence-electron chi connectivity index (χ4n) is 2.43. The number of nitrogens with zero attached hydrogens (tertiary/aromatic N) is 2. The smallest absolute Gasteiger partial charge is 0.186 e. The van der Waals surface area contributed by atoms with Crippen LogP contribution >= 0.6 is 11.3 Å². The normalized spacial score (nSPS) is 17.4. The Morgan fingerprint density at radius 2 is 1.95 bits per heavy atom. The molecule has 1 aliphatic rings. The number of nitrogens with one attached hydrogen (secondary N) is 1. The topological polar surface area (TPSA) is 28.2 Å². The minimum absolute atomic E-state index is 0.163. The monoisotopic (exact) mass is 307 g/mol. The van der Waals surface area contributed by atoms with Gasteiger partial charge in [0.05, 0.1) is 10.6 Å². The van der Waals surface area contributed by atoms with Crippen LogP contribution in [0.5, 0.6) is 0 Å². The van der Waals surface area contributed by atoms with Crippen molar-refractivity contribution in [1.82, 2.24) is 10.3 Å². The zero-order chi connectivity index (χ0) is 15.5. The number of aromatic nitrogens is 1. The van der Waals surface area contributed by atoms with Gasteiger partial charge in [-0.25, -0.2) is 4.98 Å². The molecule has 2 rings (SSSR count). The standard InChI is InChI=1S/C17H29N3S/c1-13(12-18-17(3,4)5)11-15-14(2)19-16(21-15)20-9-7-6-8-10-20/h11,18H,6-10,12H2,1-5H3. The quantitative estimate of drug-likeness (QED) is 0.902. The van der Waals surface area contributed by atoms with Crippen molar-refractivity contribution in [2.24, 2.45) is 0 Å². The van der Waals surface area contributed by atoms with Gasteiger partial charge in [-0.15, -0.1) is 0 Å². The predicted molar refractivity (Wildman–Crippen MR) is 94.3 cm³/mol. The third-order valence-corrected chi connectivity index (χ3v) is 4.89. The molecule has 1 aromatic rings. The van der Waals surface area contributed by atoms with Gasteiger partial charge in [0, 0.05) is 25.2 Å². The van der Waals surface area contributed by atoms with E-state index in [0.29, 0.717) is 0 Å². The summed E-state index contributed by atoms with van der Waals surface area (Å²) in [5.41, 5.74) is 2.69. The Morgan fingerprint density at radius 1 is 1.29 bits per heavy atom. The molecule has 0 spiro atoms. The predicted octanol–water partition coefficient (Wildman–Crippen LogP) is 4.23. The van der Waals surface area contributed by atoms with E-state index < -0.39 is 0 Å². The van der Waals surface area contributed by atoms with Crippen LogP contribution in [-0.4, -0.2) is 30.2 Å². The number of hydrogen-bond donors (Lipinski definition) is 1. The highest BCUT2D eigenvalue weighted by Gasteiger charge is 2.16. The largest absolute Gasteiger partial charge is 0.348 e. The molecule has 0 atom stereocenters. The maximum absolute atomic E-state index is 4.78. The molecule has 4 heteroatoms. The Hall–Kier alpha value is -0.870. The molecule has 0 amide bonds. The highest BCUT2D eigenvalue weighted by molar-refractivity contribution is 7.16. The zero-order valence-electron chi connectivity index (χ0n) is 14.1. The Labute approximate surface area is 133 Å². The second-order valence-corrected chi connectivity index (χ2v) is 8.10. The fourth-order valence-corrected chi connectivity index (χ4v) is 3.57. The van der Waals surface area contributed by atoms with Crippen molar-refractivity contribution in [1.29, 1.82) is 0 Å². The lowest BCUT2D eigenvalue weighted by molar-refractivity contribution is 0.445. The van der Waals surface area contributed by atoms with E-state index in [4.69, 9.17) is 4.98 Å². The van der Waals surface area contributed by atoms with Crippen LogP contribution < -0.4 is 10.2 Å². The molecule has 0 aliphatic carbocycles. The molecule has 118 valence electrons. The second-order valence-electron chi connectivity index (χ2n) is 7.09. The van der Waals surface area contributed by atoms with Gasteiger partial charge in [0.2, 0.25) is 0 Å². The van der Waals surface area contributed by atoms with Crippen LogP contribution in [0.3, 0.4) is 0 Å². The maximum atomic E-state index is 4.78. The van der Waals surface area contributed by atoms with E-state index in [1.54, 1.807) is 0 Å². The van der Waals surface area contributed by atoms with Crippen LogP contribution in [0.4, 0.5) is 5.13 Å². The molecule has 1 aromatic heterocycles. The Balaban J connectivity index is 2.04. The van der Waals surface area contributed by atoms with E-state index in [1.165, 1.54) is 47.9 Å². The second kappa shape index (κ2) is 6.93. The Kier molecular flexibility index (Phi) is 5.44. The van der Waals surface area contributed by atoms with E-state index in [0.717, 1.165) is 12.2 Å². The number of aryl methyl sites for hydroxylation is 1. The van der Waals surface area contributed by atoms with Crippen molar-refractivity contribution in [3.05, 3.63) is 16.1 Å². The summed E-state index contributed by atoms with van der Waals surface area (Å²) in [5.74, 6) is 0.